The molecule has 2 atom stereocenters. The van der Waals surface area contributed by atoms with Gasteiger partial charge in [0, 0.05) is 6.54 Å². The summed E-state index contributed by atoms with van der Waals surface area (Å²) in [6.07, 6.45) is 0. The predicted octanol–water partition coefficient (Wildman–Crippen LogP) is 0.0350. The van der Waals surface area contributed by atoms with Gasteiger partial charge in [-0.05, 0) is 19.8 Å². The van der Waals surface area contributed by atoms with Crippen molar-refractivity contribution in [2.75, 3.05) is 6.54 Å². The zero-order chi connectivity index (χ0) is 13.8. The molecule has 0 saturated heterocycles. The van der Waals surface area contributed by atoms with Crippen LogP contribution in [0, 0.1) is 5.92 Å². The van der Waals surface area contributed by atoms with E-state index in [1.54, 1.807) is 0 Å². The molecule has 17 heavy (non-hydrogen) atoms. The van der Waals surface area contributed by atoms with E-state index in [-0.39, 0.29) is 5.92 Å². The molecule has 6 nitrogen and oxygen atoms in total. The highest BCUT2D eigenvalue weighted by atomic mass is 32.2. The zero-order valence-electron chi connectivity index (χ0n) is 10.4. The number of carbonyl (C=O) groups is 2. The van der Waals surface area contributed by atoms with E-state index in [2.05, 4.69) is 5.32 Å². The smallest absolute Gasteiger partial charge is 0.321 e. The first kappa shape index (κ1) is 15.9. The van der Waals surface area contributed by atoms with E-state index in [0.717, 1.165) is 6.92 Å². The standard InChI is InChI=1S/C10H19NO5S/c1-6(2)5-11-9(12)7(3)17(15,16)8(4)10(13)14/h6-8H,5H2,1-4H3,(H,11,12)(H,13,14). The predicted molar refractivity (Wildman–Crippen MR) is 63.3 cm³/mol. The highest BCUT2D eigenvalue weighted by molar-refractivity contribution is 7.94. The van der Waals surface area contributed by atoms with E-state index in [9.17, 15) is 18.0 Å². The molecule has 0 rings (SSSR count). The van der Waals surface area contributed by atoms with E-state index in [1.807, 2.05) is 13.8 Å². The molecule has 0 heterocycles. The average Bonchev–Trinajstić information content (AvgIpc) is 2.23. The number of sulfone groups is 1. The van der Waals surface area contributed by atoms with E-state index in [4.69, 9.17) is 5.11 Å². The van der Waals surface area contributed by atoms with Crippen LogP contribution in [0.1, 0.15) is 27.7 Å². The third-order valence-electron chi connectivity index (χ3n) is 2.39. The topological polar surface area (TPSA) is 101 Å². The van der Waals surface area contributed by atoms with E-state index in [1.165, 1.54) is 6.92 Å². The average molecular weight is 265 g/mol. The molecule has 1 amide bonds. The van der Waals surface area contributed by atoms with Crippen molar-refractivity contribution in [2.45, 2.75) is 38.2 Å². The van der Waals surface area contributed by atoms with Crippen molar-refractivity contribution in [1.29, 1.82) is 0 Å². The second kappa shape index (κ2) is 6.00. The number of hydrogen-bond acceptors (Lipinski definition) is 4. The Morgan fingerprint density at radius 2 is 1.59 bits per heavy atom. The molecular weight excluding hydrogens is 246 g/mol. The number of amides is 1. The Morgan fingerprint density at radius 3 is 1.94 bits per heavy atom. The van der Waals surface area contributed by atoms with E-state index >= 15 is 0 Å². The Bertz CT molecular complexity index is 388. The minimum Gasteiger partial charge on any atom is -0.480 e. The second-order valence-corrected chi connectivity index (χ2v) is 6.94. The monoisotopic (exact) mass is 265 g/mol. The minimum atomic E-state index is -4.00. The largest absolute Gasteiger partial charge is 0.480 e. The molecule has 0 aromatic carbocycles. The molecule has 0 aliphatic heterocycles. The third-order valence-corrected chi connectivity index (χ3v) is 4.77. The lowest BCUT2D eigenvalue weighted by Gasteiger charge is -2.16. The van der Waals surface area contributed by atoms with Crippen molar-refractivity contribution < 1.29 is 23.1 Å². The molecule has 2 N–H and O–H groups in total. The number of carboxylic acid groups (broad SMARTS) is 1. The molecule has 0 saturated carbocycles. The van der Waals surface area contributed by atoms with Gasteiger partial charge in [-0.1, -0.05) is 13.8 Å². The maximum Gasteiger partial charge on any atom is 0.321 e. The lowest BCUT2D eigenvalue weighted by Crippen LogP contribution is -2.44. The summed E-state index contributed by atoms with van der Waals surface area (Å²) >= 11 is 0. The van der Waals surface area contributed by atoms with Gasteiger partial charge in [0.05, 0.1) is 0 Å². The molecule has 7 heteroatoms. The number of carboxylic acids is 1. The molecule has 0 spiro atoms. The van der Waals surface area contributed by atoms with Crippen LogP contribution in [-0.2, 0) is 19.4 Å². The first-order valence-corrected chi connectivity index (χ1v) is 6.94. The lowest BCUT2D eigenvalue weighted by molar-refractivity contribution is -0.136. The SMILES string of the molecule is CC(C)CNC(=O)C(C)S(=O)(=O)C(C)C(=O)O. The van der Waals surface area contributed by atoms with E-state index < -0.39 is 32.2 Å². The van der Waals surface area contributed by atoms with Gasteiger partial charge >= 0.3 is 5.97 Å². The number of hydrogen-bond donors (Lipinski definition) is 2. The summed E-state index contributed by atoms with van der Waals surface area (Å²) in [4.78, 5) is 22.2. The van der Waals surface area contributed by atoms with Crippen LogP contribution in [0.2, 0.25) is 0 Å². The van der Waals surface area contributed by atoms with E-state index in [0.29, 0.717) is 6.54 Å². The van der Waals surface area contributed by atoms with Crippen LogP contribution in [-0.4, -0.2) is 42.4 Å². The number of rotatable bonds is 6. The molecular formula is C10H19NO5S. The van der Waals surface area contributed by atoms with Gasteiger partial charge in [0.1, 0.15) is 5.25 Å². The Hall–Kier alpha value is -1.11. The van der Waals surface area contributed by atoms with Gasteiger partial charge in [-0.25, -0.2) is 8.42 Å². The van der Waals surface area contributed by atoms with Gasteiger partial charge in [-0.2, -0.15) is 0 Å². The van der Waals surface area contributed by atoms with Crippen molar-refractivity contribution in [2.24, 2.45) is 5.92 Å². The molecule has 0 radical (unpaired) electrons. The quantitative estimate of drug-likeness (QED) is 0.706. The molecule has 0 aromatic rings. The van der Waals surface area contributed by atoms with Crippen molar-refractivity contribution >= 4 is 21.7 Å². The van der Waals surface area contributed by atoms with Crippen LogP contribution in [0.5, 0.6) is 0 Å². The molecule has 2 unspecified atom stereocenters. The highest BCUT2D eigenvalue weighted by Gasteiger charge is 2.36. The molecule has 0 fully saturated rings. The Morgan fingerprint density at radius 1 is 1.12 bits per heavy atom. The van der Waals surface area contributed by atoms with Crippen LogP contribution < -0.4 is 5.32 Å². The Labute approximate surface area is 101 Å². The summed E-state index contributed by atoms with van der Waals surface area (Å²) < 4.78 is 23.4. The number of nitrogens with one attached hydrogen (secondary N) is 1. The first-order chi connectivity index (χ1) is 7.60. The number of aliphatic carboxylic acids is 1. The Kier molecular flexibility index (Phi) is 5.60. The van der Waals surface area contributed by atoms with Crippen LogP contribution in [0.4, 0.5) is 0 Å². The zero-order valence-corrected chi connectivity index (χ0v) is 11.2. The second-order valence-electron chi connectivity index (χ2n) is 4.35. The summed E-state index contributed by atoms with van der Waals surface area (Å²) in [5.74, 6) is -1.91. The molecule has 0 aromatic heterocycles. The normalized spacial score (nSPS) is 15.4. The van der Waals surface area contributed by atoms with Crippen LogP contribution in [0.15, 0.2) is 0 Å². The Balaban J connectivity index is 4.75. The summed E-state index contributed by atoms with van der Waals surface area (Å²) in [6, 6.07) is 0. The third kappa shape index (κ3) is 4.33. The fourth-order valence-electron chi connectivity index (χ4n) is 1.04. The van der Waals surface area contributed by atoms with Crippen LogP contribution >= 0.6 is 0 Å². The van der Waals surface area contributed by atoms with Gasteiger partial charge in [0.25, 0.3) is 0 Å². The highest BCUT2D eigenvalue weighted by Crippen LogP contribution is 2.10. The molecule has 0 bridgehead atoms. The number of carbonyl (C=O) groups excluding carboxylic acids is 1. The molecule has 0 aliphatic rings. The fraction of sp³-hybridized carbons (Fsp3) is 0.800. The van der Waals surface area contributed by atoms with Crippen LogP contribution in [0.25, 0.3) is 0 Å². The maximum absolute atomic E-state index is 11.7. The van der Waals surface area contributed by atoms with Crippen molar-refractivity contribution in [3.05, 3.63) is 0 Å². The minimum absolute atomic E-state index is 0.200. The van der Waals surface area contributed by atoms with Gasteiger partial charge < -0.3 is 10.4 Å². The van der Waals surface area contributed by atoms with Gasteiger partial charge in [-0.3, -0.25) is 9.59 Å². The lowest BCUT2D eigenvalue weighted by atomic mass is 10.2. The fourth-order valence-corrected chi connectivity index (χ4v) is 2.32. The molecule has 0 aliphatic carbocycles. The van der Waals surface area contributed by atoms with Crippen molar-refractivity contribution in [1.82, 2.24) is 5.32 Å². The van der Waals surface area contributed by atoms with Gasteiger partial charge in [-0.15, -0.1) is 0 Å². The van der Waals surface area contributed by atoms with Crippen molar-refractivity contribution in [3.63, 3.8) is 0 Å². The van der Waals surface area contributed by atoms with Crippen molar-refractivity contribution in [3.8, 4) is 0 Å². The summed E-state index contributed by atoms with van der Waals surface area (Å²) in [5, 5.41) is 8.19. The van der Waals surface area contributed by atoms with Gasteiger partial charge in [0.15, 0.2) is 15.1 Å². The molecule has 100 valence electrons. The summed E-state index contributed by atoms with van der Waals surface area (Å²) in [6.45, 7) is 6.37. The first-order valence-electron chi connectivity index (χ1n) is 5.34. The van der Waals surface area contributed by atoms with Crippen LogP contribution in [0.3, 0.4) is 0 Å². The maximum atomic E-state index is 11.7. The van der Waals surface area contributed by atoms with Gasteiger partial charge in [0.2, 0.25) is 5.91 Å². The summed E-state index contributed by atoms with van der Waals surface area (Å²) in [5.41, 5.74) is 0. The summed E-state index contributed by atoms with van der Waals surface area (Å²) in [7, 11) is -4.00.